The minimum atomic E-state index is 0.811. The molecule has 0 spiro atoms. The van der Waals surface area contributed by atoms with Crippen molar-refractivity contribution in [2.24, 2.45) is 5.92 Å². The quantitative estimate of drug-likeness (QED) is 0.869. The number of hydrogen-bond donors (Lipinski definition) is 1. The summed E-state index contributed by atoms with van der Waals surface area (Å²) in [6, 6.07) is 0. The van der Waals surface area contributed by atoms with Crippen LogP contribution in [0, 0.1) is 19.8 Å². The normalized spacial score (nSPS) is 19.1. The fourth-order valence-corrected chi connectivity index (χ4v) is 4.30. The molecule has 5 nitrogen and oxygen atoms in total. The number of ether oxygens (including phenoxy) is 1. The minimum Gasteiger partial charge on any atom is -0.379 e. The standard InChI is InChI=1S/C18H26N4OS/c1-12-13(2)24-18-16(12)17(19-6-5-14-3-4-14)20-15(21-18)11-22-7-9-23-10-8-22/h14H,3-11H2,1-2H3,(H,19,20,21). The number of aromatic nitrogens is 2. The highest BCUT2D eigenvalue weighted by Crippen LogP contribution is 2.35. The molecule has 2 aromatic rings. The molecule has 2 aromatic heterocycles. The Morgan fingerprint density at radius 3 is 2.75 bits per heavy atom. The Balaban J connectivity index is 1.58. The van der Waals surface area contributed by atoms with Crippen LogP contribution in [0.5, 0.6) is 0 Å². The zero-order chi connectivity index (χ0) is 16.5. The molecule has 24 heavy (non-hydrogen) atoms. The molecular formula is C18H26N4OS. The van der Waals surface area contributed by atoms with Gasteiger partial charge in [0.15, 0.2) is 0 Å². The summed E-state index contributed by atoms with van der Waals surface area (Å²) in [6.45, 7) is 9.75. The molecule has 1 N–H and O–H groups in total. The topological polar surface area (TPSA) is 50.3 Å². The molecule has 0 bridgehead atoms. The lowest BCUT2D eigenvalue weighted by molar-refractivity contribution is 0.0331. The molecular weight excluding hydrogens is 320 g/mol. The molecule has 6 heteroatoms. The minimum absolute atomic E-state index is 0.811. The van der Waals surface area contributed by atoms with Crippen LogP contribution in [-0.4, -0.2) is 47.7 Å². The summed E-state index contributed by atoms with van der Waals surface area (Å²) >= 11 is 1.79. The van der Waals surface area contributed by atoms with E-state index in [1.807, 2.05) is 0 Å². The summed E-state index contributed by atoms with van der Waals surface area (Å²) in [6.07, 6.45) is 4.06. The Bertz CT molecular complexity index is 719. The van der Waals surface area contributed by atoms with Gasteiger partial charge < -0.3 is 10.1 Å². The summed E-state index contributed by atoms with van der Waals surface area (Å²) in [7, 11) is 0. The van der Waals surface area contributed by atoms with Crippen molar-refractivity contribution in [1.29, 1.82) is 0 Å². The summed E-state index contributed by atoms with van der Waals surface area (Å²) in [4.78, 5) is 14.6. The van der Waals surface area contributed by atoms with Crippen molar-refractivity contribution in [2.75, 3.05) is 38.2 Å². The number of thiophene rings is 1. The first-order valence-electron chi connectivity index (χ1n) is 9.01. The molecule has 130 valence electrons. The number of aryl methyl sites for hydroxylation is 2. The zero-order valence-corrected chi connectivity index (χ0v) is 15.4. The van der Waals surface area contributed by atoms with E-state index in [1.165, 1.54) is 35.1 Å². The predicted octanol–water partition coefficient (Wildman–Crippen LogP) is 3.35. The van der Waals surface area contributed by atoms with Crippen LogP contribution in [0.2, 0.25) is 0 Å². The Hall–Kier alpha value is -1.24. The third-order valence-corrected chi connectivity index (χ3v) is 6.19. The summed E-state index contributed by atoms with van der Waals surface area (Å²) < 4.78 is 5.44. The van der Waals surface area contributed by atoms with E-state index in [4.69, 9.17) is 14.7 Å². The van der Waals surface area contributed by atoms with E-state index in [9.17, 15) is 0 Å². The predicted molar refractivity (Wildman–Crippen MR) is 98.8 cm³/mol. The lowest BCUT2D eigenvalue weighted by Crippen LogP contribution is -2.36. The van der Waals surface area contributed by atoms with Gasteiger partial charge in [0.25, 0.3) is 0 Å². The third-order valence-electron chi connectivity index (χ3n) is 5.09. The van der Waals surface area contributed by atoms with Crippen LogP contribution in [0.4, 0.5) is 5.82 Å². The average Bonchev–Trinajstić information content (AvgIpc) is 3.35. The highest BCUT2D eigenvalue weighted by atomic mass is 32.1. The van der Waals surface area contributed by atoms with Crippen molar-refractivity contribution in [3.05, 3.63) is 16.3 Å². The van der Waals surface area contributed by atoms with Crippen LogP contribution >= 0.6 is 11.3 Å². The molecule has 1 saturated heterocycles. The number of fused-ring (bicyclic) bond motifs is 1. The fraction of sp³-hybridized carbons (Fsp3) is 0.667. The third kappa shape index (κ3) is 3.55. The second-order valence-electron chi connectivity index (χ2n) is 7.00. The molecule has 0 unspecified atom stereocenters. The van der Waals surface area contributed by atoms with Gasteiger partial charge in [0.05, 0.1) is 25.1 Å². The maximum atomic E-state index is 5.44. The van der Waals surface area contributed by atoms with Gasteiger partial charge >= 0.3 is 0 Å². The molecule has 2 aliphatic rings. The summed E-state index contributed by atoms with van der Waals surface area (Å²) in [5.41, 5.74) is 1.32. The Morgan fingerprint density at radius 2 is 2.00 bits per heavy atom. The van der Waals surface area contributed by atoms with Gasteiger partial charge in [-0.15, -0.1) is 11.3 Å². The number of hydrogen-bond acceptors (Lipinski definition) is 6. The summed E-state index contributed by atoms with van der Waals surface area (Å²) in [5, 5.41) is 4.82. The molecule has 0 aromatic carbocycles. The van der Waals surface area contributed by atoms with E-state index >= 15 is 0 Å². The smallest absolute Gasteiger partial charge is 0.146 e. The highest BCUT2D eigenvalue weighted by molar-refractivity contribution is 7.18. The largest absolute Gasteiger partial charge is 0.379 e. The Morgan fingerprint density at radius 1 is 1.21 bits per heavy atom. The average molecular weight is 347 g/mol. The Labute approximate surface area is 147 Å². The number of nitrogens with one attached hydrogen (secondary N) is 1. The molecule has 0 amide bonds. The lowest BCUT2D eigenvalue weighted by atomic mass is 10.2. The van der Waals surface area contributed by atoms with Crippen molar-refractivity contribution in [3.63, 3.8) is 0 Å². The van der Waals surface area contributed by atoms with Gasteiger partial charge in [-0.05, 0) is 31.7 Å². The number of morpholine rings is 1. The van der Waals surface area contributed by atoms with Crippen molar-refractivity contribution in [2.45, 2.75) is 39.7 Å². The van der Waals surface area contributed by atoms with Crippen LogP contribution in [0.15, 0.2) is 0 Å². The van der Waals surface area contributed by atoms with Gasteiger partial charge in [-0.3, -0.25) is 4.90 Å². The first-order chi connectivity index (χ1) is 11.7. The van der Waals surface area contributed by atoms with Crippen LogP contribution in [0.25, 0.3) is 10.2 Å². The van der Waals surface area contributed by atoms with E-state index in [1.54, 1.807) is 11.3 Å². The van der Waals surface area contributed by atoms with Crippen molar-refractivity contribution < 1.29 is 4.74 Å². The van der Waals surface area contributed by atoms with Crippen molar-refractivity contribution >= 4 is 27.4 Å². The van der Waals surface area contributed by atoms with Gasteiger partial charge in [-0.1, -0.05) is 12.8 Å². The SMILES string of the molecule is Cc1sc2nc(CN3CCOCC3)nc(NCCC3CC3)c2c1C. The van der Waals surface area contributed by atoms with E-state index < -0.39 is 0 Å². The van der Waals surface area contributed by atoms with E-state index in [2.05, 4.69) is 24.1 Å². The van der Waals surface area contributed by atoms with Gasteiger partial charge in [0, 0.05) is 24.5 Å². The molecule has 0 atom stereocenters. The van der Waals surface area contributed by atoms with Gasteiger partial charge in [0.2, 0.25) is 0 Å². The van der Waals surface area contributed by atoms with Gasteiger partial charge in [-0.2, -0.15) is 0 Å². The fourth-order valence-electron chi connectivity index (χ4n) is 3.25. The molecule has 1 aliphatic heterocycles. The molecule has 2 fully saturated rings. The molecule has 0 radical (unpaired) electrons. The van der Waals surface area contributed by atoms with Crippen molar-refractivity contribution in [1.82, 2.24) is 14.9 Å². The van der Waals surface area contributed by atoms with Crippen LogP contribution in [0.3, 0.4) is 0 Å². The van der Waals surface area contributed by atoms with E-state index in [0.717, 1.165) is 61.8 Å². The van der Waals surface area contributed by atoms with Crippen molar-refractivity contribution in [3.8, 4) is 0 Å². The first kappa shape index (κ1) is 16.2. The zero-order valence-electron chi connectivity index (χ0n) is 14.6. The molecule has 1 saturated carbocycles. The number of anilines is 1. The van der Waals surface area contributed by atoms with Crippen LogP contribution < -0.4 is 5.32 Å². The van der Waals surface area contributed by atoms with Gasteiger partial charge in [0.1, 0.15) is 16.5 Å². The van der Waals surface area contributed by atoms with E-state index in [0.29, 0.717) is 0 Å². The monoisotopic (exact) mass is 346 g/mol. The van der Waals surface area contributed by atoms with E-state index in [-0.39, 0.29) is 0 Å². The maximum absolute atomic E-state index is 5.44. The molecule has 1 aliphatic carbocycles. The molecule has 4 rings (SSSR count). The van der Waals surface area contributed by atoms with Gasteiger partial charge in [-0.25, -0.2) is 9.97 Å². The highest BCUT2D eigenvalue weighted by Gasteiger charge is 2.21. The summed E-state index contributed by atoms with van der Waals surface area (Å²) in [5.74, 6) is 2.90. The first-order valence-corrected chi connectivity index (χ1v) is 9.83. The van der Waals surface area contributed by atoms with Crippen LogP contribution in [-0.2, 0) is 11.3 Å². The Kier molecular flexibility index (Phi) is 4.70. The number of rotatable bonds is 6. The van der Waals surface area contributed by atoms with Crippen LogP contribution in [0.1, 0.15) is 35.5 Å². The second-order valence-corrected chi connectivity index (χ2v) is 8.20. The lowest BCUT2D eigenvalue weighted by Gasteiger charge is -2.25. The second kappa shape index (κ2) is 6.94. The maximum Gasteiger partial charge on any atom is 0.146 e. The molecule has 3 heterocycles. The number of nitrogens with zero attached hydrogens (tertiary/aromatic N) is 3.